The molecule has 1 saturated heterocycles. The van der Waals surface area contributed by atoms with Gasteiger partial charge in [-0.1, -0.05) is 0 Å². The van der Waals surface area contributed by atoms with Crippen molar-refractivity contribution in [1.82, 2.24) is 18.6 Å². The van der Waals surface area contributed by atoms with Gasteiger partial charge in [0.15, 0.2) is 0 Å². The molecule has 3 aromatic rings. The zero-order valence-corrected chi connectivity index (χ0v) is 18.8. The van der Waals surface area contributed by atoms with E-state index in [9.17, 15) is 14.4 Å². The molecule has 4 rings (SSSR count). The summed E-state index contributed by atoms with van der Waals surface area (Å²) in [5, 5.41) is 0.463. The average molecular weight is 440 g/mol. The number of rotatable bonds is 6. The van der Waals surface area contributed by atoms with E-state index in [1.807, 2.05) is 36.1 Å². The van der Waals surface area contributed by atoms with E-state index in [4.69, 9.17) is 4.74 Å². The molecule has 1 fully saturated rings. The first-order valence-corrected chi connectivity index (χ1v) is 11.0. The molecule has 0 atom stereocenters. The lowest BCUT2D eigenvalue weighted by atomic mass is 10.2. The number of benzene rings is 1. The van der Waals surface area contributed by atoms with Crippen LogP contribution < -0.4 is 20.9 Å². The van der Waals surface area contributed by atoms with Crippen LogP contribution in [0, 0.1) is 0 Å². The van der Waals surface area contributed by atoms with E-state index in [-0.39, 0.29) is 23.7 Å². The maximum atomic E-state index is 13.0. The quantitative estimate of drug-likeness (QED) is 0.579. The number of carbonyl (C=O) groups excluding carboxylic acids is 1. The van der Waals surface area contributed by atoms with Crippen molar-refractivity contribution >= 4 is 22.6 Å². The van der Waals surface area contributed by atoms with Gasteiger partial charge in [0.2, 0.25) is 5.91 Å². The average Bonchev–Trinajstić information content (AvgIpc) is 3.23. The van der Waals surface area contributed by atoms with Crippen LogP contribution in [0.15, 0.2) is 46.1 Å². The first-order chi connectivity index (χ1) is 15.5. The third kappa shape index (κ3) is 3.79. The lowest BCUT2D eigenvalue weighted by Gasteiger charge is -2.36. The third-order valence-corrected chi connectivity index (χ3v) is 6.14. The Morgan fingerprint density at radius 1 is 0.938 bits per heavy atom. The molecule has 2 aromatic heterocycles. The van der Waals surface area contributed by atoms with Gasteiger partial charge < -0.3 is 19.1 Å². The van der Waals surface area contributed by atoms with E-state index < -0.39 is 0 Å². The minimum absolute atomic E-state index is 0.0216. The summed E-state index contributed by atoms with van der Waals surface area (Å²) in [6, 6.07) is 9.61. The maximum absolute atomic E-state index is 13.0. The number of nitrogens with zero attached hydrogens (tertiary/aromatic N) is 5. The van der Waals surface area contributed by atoms with Gasteiger partial charge in [-0.05, 0) is 44.2 Å². The molecule has 0 unspecified atom stereocenters. The van der Waals surface area contributed by atoms with Gasteiger partial charge in [-0.15, -0.1) is 0 Å². The van der Waals surface area contributed by atoms with E-state index >= 15 is 0 Å². The van der Waals surface area contributed by atoms with Crippen molar-refractivity contribution in [2.45, 2.75) is 33.5 Å². The first-order valence-electron chi connectivity index (χ1n) is 11.0. The Hall–Kier alpha value is -3.49. The Kier molecular flexibility index (Phi) is 6.07. The number of anilines is 1. The Bertz CT molecular complexity index is 1230. The van der Waals surface area contributed by atoms with Gasteiger partial charge in [-0.3, -0.25) is 18.7 Å². The summed E-state index contributed by atoms with van der Waals surface area (Å²) >= 11 is 0. The molecule has 3 heterocycles. The van der Waals surface area contributed by atoms with Crippen LogP contribution in [-0.4, -0.2) is 57.8 Å². The zero-order valence-electron chi connectivity index (χ0n) is 18.8. The summed E-state index contributed by atoms with van der Waals surface area (Å²) < 4.78 is 9.73. The molecule has 1 amide bonds. The summed E-state index contributed by atoms with van der Waals surface area (Å²) in [6.45, 7) is 7.20. The Morgan fingerprint density at radius 3 is 2.19 bits per heavy atom. The molecule has 1 aliphatic rings. The molecular weight excluding hydrogens is 410 g/mol. The van der Waals surface area contributed by atoms with Crippen molar-refractivity contribution in [3.63, 3.8) is 0 Å². The highest BCUT2D eigenvalue weighted by atomic mass is 16.5. The summed E-state index contributed by atoms with van der Waals surface area (Å²) in [7, 11) is 1.65. The van der Waals surface area contributed by atoms with E-state index in [2.05, 4.69) is 4.90 Å². The second-order valence-corrected chi connectivity index (χ2v) is 7.82. The zero-order chi connectivity index (χ0) is 22.8. The molecule has 0 aliphatic carbocycles. The van der Waals surface area contributed by atoms with Crippen LogP contribution in [-0.2, 0) is 24.4 Å². The molecule has 0 radical (unpaired) electrons. The van der Waals surface area contributed by atoms with Gasteiger partial charge in [0.05, 0.1) is 12.5 Å². The highest BCUT2D eigenvalue weighted by molar-refractivity contribution is 5.81. The van der Waals surface area contributed by atoms with E-state index in [0.717, 1.165) is 24.5 Å². The number of fused-ring (bicyclic) bond motifs is 1. The smallest absolute Gasteiger partial charge is 0.332 e. The second kappa shape index (κ2) is 8.94. The van der Waals surface area contributed by atoms with Crippen LogP contribution in [0.25, 0.3) is 11.0 Å². The topological polar surface area (TPSA) is 81.7 Å². The van der Waals surface area contributed by atoms with Gasteiger partial charge in [0.25, 0.3) is 5.56 Å². The molecule has 0 spiro atoms. The predicted molar refractivity (Wildman–Crippen MR) is 124 cm³/mol. The van der Waals surface area contributed by atoms with Crippen molar-refractivity contribution in [3.8, 4) is 5.75 Å². The van der Waals surface area contributed by atoms with Gasteiger partial charge in [0.1, 0.15) is 17.9 Å². The van der Waals surface area contributed by atoms with Crippen molar-refractivity contribution in [2.75, 3.05) is 38.2 Å². The molecule has 9 heteroatoms. The van der Waals surface area contributed by atoms with Crippen LogP contribution in [0.5, 0.6) is 5.75 Å². The molecule has 9 nitrogen and oxygen atoms in total. The predicted octanol–water partition coefficient (Wildman–Crippen LogP) is 1.36. The van der Waals surface area contributed by atoms with Crippen LogP contribution >= 0.6 is 0 Å². The molecular formula is C23H29N5O4. The standard InChI is InChI=1S/C23H29N5O4/c1-4-27-21-19(22(30)28(5-2)23(27)31)10-11-26(21)16-20(29)25-14-12-24(13-15-25)17-6-8-18(32-3)9-7-17/h6-11H,4-5,12-16H2,1-3H3. The lowest BCUT2D eigenvalue weighted by molar-refractivity contribution is -0.132. The molecule has 32 heavy (non-hydrogen) atoms. The Morgan fingerprint density at radius 2 is 1.59 bits per heavy atom. The normalized spacial score (nSPS) is 14.2. The molecule has 170 valence electrons. The van der Waals surface area contributed by atoms with Crippen molar-refractivity contribution < 1.29 is 9.53 Å². The van der Waals surface area contributed by atoms with Crippen LogP contribution in [0.3, 0.4) is 0 Å². The molecule has 0 bridgehead atoms. The van der Waals surface area contributed by atoms with E-state index in [0.29, 0.717) is 37.2 Å². The molecule has 0 saturated carbocycles. The van der Waals surface area contributed by atoms with Gasteiger partial charge in [-0.2, -0.15) is 0 Å². The van der Waals surface area contributed by atoms with Gasteiger partial charge >= 0.3 is 5.69 Å². The second-order valence-electron chi connectivity index (χ2n) is 7.82. The fourth-order valence-corrected chi connectivity index (χ4v) is 4.34. The number of carbonyl (C=O) groups is 1. The number of methoxy groups -OCH3 is 1. The fourth-order valence-electron chi connectivity index (χ4n) is 4.34. The third-order valence-electron chi connectivity index (χ3n) is 6.14. The molecule has 0 N–H and O–H groups in total. The number of piperazine rings is 1. The number of hydrogen-bond donors (Lipinski definition) is 0. The van der Waals surface area contributed by atoms with E-state index in [1.54, 1.807) is 35.4 Å². The largest absolute Gasteiger partial charge is 0.497 e. The lowest BCUT2D eigenvalue weighted by Crippen LogP contribution is -2.49. The minimum Gasteiger partial charge on any atom is -0.497 e. The minimum atomic E-state index is -0.340. The van der Waals surface area contributed by atoms with Crippen LogP contribution in [0.1, 0.15) is 13.8 Å². The fraction of sp³-hybridized carbons (Fsp3) is 0.435. The number of amides is 1. The van der Waals surface area contributed by atoms with Gasteiger partial charge in [-0.25, -0.2) is 4.79 Å². The Labute approximate surface area is 186 Å². The summed E-state index contributed by atoms with van der Waals surface area (Å²) in [5.74, 6) is 0.796. The summed E-state index contributed by atoms with van der Waals surface area (Å²) in [5.41, 5.74) is 0.968. The van der Waals surface area contributed by atoms with Crippen LogP contribution in [0.4, 0.5) is 5.69 Å². The molecule has 1 aliphatic heterocycles. The van der Waals surface area contributed by atoms with Gasteiger partial charge in [0, 0.05) is 51.2 Å². The highest BCUT2D eigenvalue weighted by Crippen LogP contribution is 2.21. The number of hydrogen-bond acceptors (Lipinski definition) is 5. The number of ether oxygens (including phenoxy) is 1. The number of aromatic nitrogens is 3. The first kappa shape index (κ1) is 21.7. The Balaban J connectivity index is 1.50. The number of aryl methyl sites for hydroxylation is 1. The summed E-state index contributed by atoms with van der Waals surface area (Å²) in [4.78, 5) is 42.5. The van der Waals surface area contributed by atoms with Crippen molar-refractivity contribution in [1.29, 1.82) is 0 Å². The maximum Gasteiger partial charge on any atom is 0.332 e. The SMILES string of the molecule is CCn1c(=O)c2ccn(CC(=O)N3CCN(c4ccc(OC)cc4)CC3)c2n(CC)c1=O. The van der Waals surface area contributed by atoms with Crippen LogP contribution in [0.2, 0.25) is 0 Å². The van der Waals surface area contributed by atoms with E-state index in [1.165, 1.54) is 4.57 Å². The van der Waals surface area contributed by atoms with Crippen molar-refractivity contribution in [3.05, 3.63) is 57.4 Å². The van der Waals surface area contributed by atoms with Crippen molar-refractivity contribution in [2.24, 2.45) is 0 Å². The molecule has 1 aromatic carbocycles. The highest BCUT2D eigenvalue weighted by Gasteiger charge is 2.23. The monoisotopic (exact) mass is 439 g/mol. The summed E-state index contributed by atoms with van der Waals surface area (Å²) in [6.07, 6.45) is 1.73.